The highest BCUT2D eigenvalue weighted by Crippen LogP contribution is 2.37. The van der Waals surface area contributed by atoms with Crippen molar-refractivity contribution < 1.29 is 9.53 Å². The number of anilines is 1. The second-order valence-electron chi connectivity index (χ2n) is 4.87. The zero-order valence-corrected chi connectivity index (χ0v) is 14.4. The van der Waals surface area contributed by atoms with Crippen LogP contribution in [0.5, 0.6) is 0 Å². The number of nitrogen functional groups attached to an aromatic ring is 2. The number of rotatable bonds is 6. The second-order valence-corrected chi connectivity index (χ2v) is 6.25. The first-order valence-corrected chi connectivity index (χ1v) is 8.24. The molecule has 0 amide bonds. The molecule has 0 aliphatic heterocycles. The van der Waals surface area contributed by atoms with Crippen LogP contribution in [0.3, 0.4) is 0 Å². The average molecular weight is 356 g/mol. The molecule has 124 valence electrons. The van der Waals surface area contributed by atoms with Gasteiger partial charge in [0.15, 0.2) is 0 Å². The number of nitrogens with two attached hydrogens (primary N) is 2. The number of halogens is 1. The number of unbranched alkanes of at least 4 members (excludes halogenated alkanes) is 1. The van der Waals surface area contributed by atoms with Gasteiger partial charge < -0.3 is 16.3 Å². The third-order valence-corrected chi connectivity index (χ3v) is 4.60. The summed E-state index contributed by atoms with van der Waals surface area (Å²) in [5.41, 5.74) is 6.68. The number of aryl methyl sites for hydroxylation is 1. The highest BCUT2D eigenvalue weighted by molar-refractivity contribution is 7.99. The molecule has 0 fully saturated rings. The zero-order chi connectivity index (χ0) is 17.0. The van der Waals surface area contributed by atoms with Gasteiger partial charge in [0.1, 0.15) is 5.82 Å². The zero-order valence-electron chi connectivity index (χ0n) is 12.9. The van der Waals surface area contributed by atoms with Crippen molar-refractivity contribution in [3.63, 3.8) is 0 Å². The first-order chi connectivity index (χ1) is 10.9. The van der Waals surface area contributed by atoms with Crippen LogP contribution in [0.4, 0.5) is 5.69 Å². The van der Waals surface area contributed by atoms with E-state index in [4.69, 9.17) is 27.9 Å². The van der Waals surface area contributed by atoms with Crippen molar-refractivity contribution in [2.45, 2.75) is 36.7 Å². The standard InChI is InChI=1S/C14H18ClN5O2S/c1-3-4-5-22-13(21)9-6-10(15)12(11(16)7-9)23-14-19-18-8(2)20(14)17/h6-7H,3-5,16-17H2,1-2H3. The number of carbonyl (C=O) groups is 1. The molecule has 0 saturated carbocycles. The maximum absolute atomic E-state index is 12.0. The van der Waals surface area contributed by atoms with Crippen LogP contribution in [0.1, 0.15) is 35.9 Å². The molecule has 0 spiro atoms. The van der Waals surface area contributed by atoms with E-state index in [9.17, 15) is 4.79 Å². The third kappa shape index (κ3) is 4.08. The molecule has 0 unspecified atom stereocenters. The first-order valence-electron chi connectivity index (χ1n) is 7.05. The molecule has 23 heavy (non-hydrogen) atoms. The Morgan fingerprint density at radius 2 is 2.17 bits per heavy atom. The minimum Gasteiger partial charge on any atom is -0.462 e. The van der Waals surface area contributed by atoms with Crippen LogP contribution >= 0.6 is 23.4 Å². The molecule has 0 aliphatic rings. The molecule has 0 aliphatic carbocycles. The van der Waals surface area contributed by atoms with E-state index in [1.165, 1.54) is 28.6 Å². The van der Waals surface area contributed by atoms with Gasteiger partial charge in [0.05, 0.1) is 22.1 Å². The average Bonchev–Trinajstić information content (AvgIpc) is 2.82. The molecular formula is C14H18ClN5O2S. The summed E-state index contributed by atoms with van der Waals surface area (Å²) >= 11 is 7.43. The van der Waals surface area contributed by atoms with Gasteiger partial charge in [-0.3, -0.25) is 0 Å². The van der Waals surface area contributed by atoms with E-state index in [1.54, 1.807) is 6.92 Å². The van der Waals surface area contributed by atoms with E-state index >= 15 is 0 Å². The quantitative estimate of drug-likeness (QED) is 0.355. The Bertz CT molecular complexity index is 696. The lowest BCUT2D eigenvalue weighted by atomic mass is 10.2. The summed E-state index contributed by atoms with van der Waals surface area (Å²) in [6, 6.07) is 3.06. The summed E-state index contributed by atoms with van der Waals surface area (Å²) in [7, 11) is 0. The third-order valence-electron chi connectivity index (χ3n) is 3.07. The van der Waals surface area contributed by atoms with Gasteiger partial charge in [-0.05, 0) is 37.2 Å². The SMILES string of the molecule is CCCCOC(=O)c1cc(N)c(Sc2nnc(C)n2N)c(Cl)c1. The Morgan fingerprint density at radius 1 is 1.43 bits per heavy atom. The maximum Gasteiger partial charge on any atom is 0.338 e. The van der Waals surface area contributed by atoms with Crippen LogP contribution in [0.15, 0.2) is 22.2 Å². The lowest BCUT2D eigenvalue weighted by Crippen LogP contribution is -2.11. The van der Waals surface area contributed by atoms with Crippen LogP contribution in [-0.4, -0.2) is 27.4 Å². The Balaban J connectivity index is 2.20. The van der Waals surface area contributed by atoms with Crippen LogP contribution in [0, 0.1) is 6.92 Å². The van der Waals surface area contributed by atoms with E-state index in [0.29, 0.717) is 38.8 Å². The lowest BCUT2D eigenvalue weighted by molar-refractivity contribution is 0.0499. The molecule has 0 saturated heterocycles. The normalized spacial score (nSPS) is 10.7. The van der Waals surface area contributed by atoms with Crippen molar-refractivity contribution in [2.24, 2.45) is 0 Å². The minimum absolute atomic E-state index is 0.318. The molecule has 2 rings (SSSR count). The van der Waals surface area contributed by atoms with Gasteiger partial charge in [0.25, 0.3) is 0 Å². The van der Waals surface area contributed by atoms with Gasteiger partial charge in [-0.15, -0.1) is 10.2 Å². The fraction of sp³-hybridized carbons (Fsp3) is 0.357. The van der Waals surface area contributed by atoms with Crippen molar-refractivity contribution in [3.8, 4) is 0 Å². The van der Waals surface area contributed by atoms with Crippen molar-refractivity contribution in [1.29, 1.82) is 0 Å². The summed E-state index contributed by atoms with van der Waals surface area (Å²) in [6.07, 6.45) is 1.76. The van der Waals surface area contributed by atoms with Gasteiger partial charge in [0.2, 0.25) is 5.16 Å². The number of esters is 1. The van der Waals surface area contributed by atoms with Crippen LogP contribution in [-0.2, 0) is 4.74 Å². The summed E-state index contributed by atoms with van der Waals surface area (Å²) in [5.74, 6) is 5.93. The molecule has 2 aromatic rings. The summed E-state index contributed by atoms with van der Waals surface area (Å²) < 4.78 is 6.49. The Kier molecular flexibility index (Phi) is 5.73. The highest BCUT2D eigenvalue weighted by atomic mass is 35.5. The van der Waals surface area contributed by atoms with E-state index in [-0.39, 0.29) is 0 Å². The highest BCUT2D eigenvalue weighted by Gasteiger charge is 2.17. The molecule has 1 aromatic heterocycles. The Hall–Kier alpha value is -1.93. The Labute approximate surface area is 143 Å². The summed E-state index contributed by atoms with van der Waals surface area (Å²) in [6.45, 7) is 4.13. The molecule has 1 heterocycles. The van der Waals surface area contributed by atoms with Gasteiger partial charge in [-0.1, -0.05) is 24.9 Å². The number of nitrogens with zero attached hydrogens (tertiary/aromatic N) is 3. The first kappa shape index (κ1) is 17.4. The van der Waals surface area contributed by atoms with Crippen molar-refractivity contribution in [3.05, 3.63) is 28.5 Å². The van der Waals surface area contributed by atoms with Gasteiger partial charge >= 0.3 is 5.97 Å². The number of benzene rings is 1. The van der Waals surface area contributed by atoms with Crippen LogP contribution < -0.4 is 11.6 Å². The Morgan fingerprint density at radius 3 is 2.74 bits per heavy atom. The fourth-order valence-electron chi connectivity index (χ4n) is 1.74. The maximum atomic E-state index is 12.0. The van der Waals surface area contributed by atoms with Crippen molar-refractivity contribution in [1.82, 2.24) is 14.9 Å². The van der Waals surface area contributed by atoms with Crippen molar-refractivity contribution in [2.75, 3.05) is 18.2 Å². The molecule has 0 atom stereocenters. The van der Waals surface area contributed by atoms with E-state index in [1.807, 2.05) is 6.92 Å². The smallest absolute Gasteiger partial charge is 0.338 e. The van der Waals surface area contributed by atoms with Crippen molar-refractivity contribution >= 4 is 35.0 Å². The van der Waals surface area contributed by atoms with E-state index < -0.39 is 5.97 Å². The number of hydrogen-bond donors (Lipinski definition) is 2. The topological polar surface area (TPSA) is 109 Å². The van der Waals surface area contributed by atoms with E-state index in [0.717, 1.165) is 12.8 Å². The monoisotopic (exact) mass is 355 g/mol. The minimum atomic E-state index is -0.443. The lowest BCUT2D eigenvalue weighted by Gasteiger charge is -2.10. The molecule has 4 N–H and O–H groups in total. The van der Waals surface area contributed by atoms with Gasteiger partial charge in [-0.2, -0.15) is 0 Å². The van der Waals surface area contributed by atoms with Gasteiger partial charge in [-0.25, -0.2) is 9.47 Å². The van der Waals surface area contributed by atoms with Gasteiger partial charge in [0, 0.05) is 5.69 Å². The van der Waals surface area contributed by atoms with Crippen LogP contribution in [0.2, 0.25) is 5.02 Å². The molecule has 0 radical (unpaired) electrons. The molecular weight excluding hydrogens is 338 g/mol. The largest absolute Gasteiger partial charge is 0.462 e. The summed E-state index contributed by atoms with van der Waals surface area (Å²) in [5, 5.41) is 8.60. The fourth-order valence-corrected chi connectivity index (χ4v) is 2.91. The number of aromatic nitrogens is 3. The second kappa shape index (κ2) is 7.56. The molecule has 0 bridgehead atoms. The number of ether oxygens (including phenoxy) is 1. The molecule has 9 heteroatoms. The summed E-state index contributed by atoms with van der Waals surface area (Å²) in [4.78, 5) is 12.5. The molecule has 7 nitrogen and oxygen atoms in total. The number of hydrogen-bond acceptors (Lipinski definition) is 7. The van der Waals surface area contributed by atoms with E-state index in [2.05, 4.69) is 10.2 Å². The number of carbonyl (C=O) groups excluding carboxylic acids is 1. The van der Waals surface area contributed by atoms with Crippen LogP contribution in [0.25, 0.3) is 0 Å². The molecule has 1 aromatic carbocycles. The predicted octanol–water partition coefficient (Wildman–Crippen LogP) is 2.64. The predicted molar refractivity (Wildman–Crippen MR) is 90.1 cm³/mol.